The monoisotopic (exact) mass is 342 g/mol. The SMILES string of the molecule is C[C@H](NCC(=O)N[C@@H]1CCCC[C@@H]1C)c1ccc(Cl)cc1Cl. The van der Waals surface area contributed by atoms with Gasteiger partial charge < -0.3 is 10.6 Å². The number of carbonyl (C=O) groups excluding carboxylic acids is 1. The van der Waals surface area contributed by atoms with Crippen molar-refractivity contribution in [1.29, 1.82) is 0 Å². The number of nitrogens with one attached hydrogen (secondary N) is 2. The number of carbonyl (C=O) groups is 1. The molecule has 0 radical (unpaired) electrons. The lowest BCUT2D eigenvalue weighted by Crippen LogP contribution is -2.45. The van der Waals surface area contributed by atoms with Gasteiger partial charge in [-0.2, -0.15) is 0 Å². The molecule has 0 heterocycles. The standard InChI is InChI=1S/C17H24Cl2N2O/c1-11-5-3-4-6-16(11)21-17(22)10-20-12(2)14-8-7-13(18)9-15(14)19/h7-9,11-12,16,20H,3-6,10H2,1-2H3,(H,21,22)/t11-,12-,16+/m0/s1. The van der Waals surface area contributed by atoms with Gasteiger partial charge in [-0.1, -0.05) is 49.0 Å². The Labute approximate surface area is 142 Å². The molecule has 3 nitrogen and oxygen atoms in total. The first-order chi connectivity index (χ1) is 10.5. The summed E-state index contributed by atoms with van der Waals surface area (Å²) >= 11 is 12.1. The van der Waals surface area contributed by atoms with Gasteiger partial charge in [0, 0.05) is 22.1 Å². The first-order valence-corrected chi connectivity index (χ1v) is 8.70. The fourth-order valence-corrected chi connectivity index (χ4v) is 3.57. The molecular weight excluding hydrogens is 319 g/mol. The summed E-state index contributed by atoms with van der Waals surface area (Å²) in [4.78, 5) is 12.1. The maximum Gasteiger partial charge on any atom is 0.234 e. The first kappa shape index (κ1) is 17.6. The first-order valence-electron chi connectivity index (χ1n) is 7.95. The molecule has 1 aromatic rings. The third-order valence-electron chi connectivity index (χ3n) is 4.46. The van der Waals surface area contributed by atoms with Gasteiger partial charge in [-0.3, -0.25) is 4.79 Å². The minimum Gasteiger partial charge on any atom is -0.352 e. The quantitative estimate of drug-likeness (QED) is 0.835. The molecule has 0 aromatic heterocycles. The zero-order valence-electron chi connectivity index (χ0n) is 13.2. The van der Waals surface area contributed by atoms with Crippen LogP contribution in [0.1, 0.15) is 51.1 Å². The summed E-state index contributed by atoms with van der Waals surface area (Å²) < 4.78 is 0. The summed E-state index contributed by atoms with van der Waals surface area (Å²) in [6.45, 7) is 4.50. The molecular formula is C17H24Cl2N2O. The van der Waals surface area contributed by atoms with E-state index >= 15 is 0 Å². The van der Waals surface area contributed by atoms with Crippen LogP contribution in [0.2, 0.25) is 10.0 Å². The van der Waals surface area contributed by atoms with Gasteiger partial charge in [-0.05, 0) is 43.4 Å². The molecule has 0 unspecified atom stereocenters. The van der Waals surface area contributed by atoms with Gasteiger partial charge in [0.2, 0.25) is 5.91 Å². The Kier molecular flexibility index (Phi) is 6.54. The van der Waals surface area contributed by atoms with Crippen molar-refractivity contribution in [1.82, 2.24) is 10.6 Å². The molecule has 2 rings (SSSR count). The zero-order valence-corrected chi connectivity index (χ0v) is 14.7. The maximum atomic E-state index is 12.1. The van der Waals surface area contributed by atoms with Crippen LogP contribution in [0.5, 0.6) is 0 Å². The highest BCUT2D eigenvalue weighted by Crippen LogP contribution is 2.26. The molecule has 2 N–H and O–H groups in total. The van der Waals surface area contributed by atoms with Crippen LogP contribution < -0.4 is 10.6 Å². The molecule has 1 aromatic carbocycles. The van der Waals surface area contributed by atoms with Gasteiger partial charge in [-0.15, -0.1) is 0 Å². The van der Waals surface area contributed by atoms with Crippen LogP contribution in [0.3, 0.4) is 0 Å². The molecule has 1 saturated carbocycles. The number of rotatable bonds is 5. The second-order valence-corrected chi connectivity index (χ2v) is 7.05. The summed E-state index contributed by atoms with van der Waals surface area (Å²) in [6.07, 6.45) is 4.78. The Hall–Kier alpha value is -0.770. The second-order valence-electron chi connectivity index (χ2n) is 6.20. The highest BCUT2D eigenvalue weighted by atomic mass is 35.5. The molecule has 22 heavy (non-hydrogen) atoms. The van der Waals surface area contributed by atoms with E-state index in [2.05, 4.69) is 17.6 Å². The number of hydrogen-bond donors (Lipinski definition) is 2. The predicted molar refractivity (Wildman–Crippen MR) is 92.4 cm³/mol. The molecule has 1 amide bonds. The van der Waals surface area contributed by atoms with Crippen LogP contribution in [0.4, 0.5) is 0 Å². The highest BCUT2D eigenvalue weighted by Gasteiger charge is 2.22. The Bertz CT molecular complexity index is 521. The van der Waals surface area contributed by atoms with Crippen molar-refractivity contribution in [2.45, 2.75) is 51.6 Å². The maximum absolute atomic E-state index is 12.1. The summed E-state index contributed by atoms with van der Waals surface area (Å²) in [6, 6.07) is 5.74. The van der Waals surface area contributed by atoms with Gasteiger partial charge in [-0.25, -0.2) is 0 Å². The molecule has 5 heteroatoms. The van der Waals surface area contributed by atoms with Crippen LogP contribution in [-0.2, 0) is 4.79 Å². The van der Waals surface area contributed by atoms with Crippen LogP contribution in [0.25, 0.3) is 0 Å². The fourth-order valence-electron chi connectivity index (χ4n) is 3.00. The highest BCUT2D eigenvalue weighted by molar-refractivity contribution is 6.35. The molecule has 1 aliphatic carbocycles. The molecule has 0 saturated heterocycles. The Morgan fingerprint density at radius 2 is 2.05 bits per heavy atom. The van der Waals surface area contributed by atoms with E-state index in [1.807, 2.05) is 19.1 Å². The zero-order chi connectivity index (χ0) is 16.1. The van der Waals surface area contributed by atoms with Crippen LogP contribution >= 0.6 is 23.2 Å². The number of amides is 1. The Morgan fingerprint density at radius 3 is 2.73 bits per heavy atom. The Morgan fingerprint density at radius 1 is 1.32 bits per heavy atom. The summed E-state index contributed by atoms with van der Waals surface area (Å²) in [5.74, 6) is 0.622. The second kappa shape index (κ2) is 8.19. The molecule has 3 atom stereocenters. The molecule has 1 fully saturated rings. The van der Waals surface area contributed by atoms with Gasteiger partial charge >= 0.3 is 0 Å². The van der Waals surface area contributed by atoms with E-state index in [1.54, 1.807) is 6.07 Å². The van der Waals surface area contributed by atoms with Crippen molar-refractivity contribution in [2.24, 2.45) is 5.92 Å². The van der Waals surface area contributed by atoms with E-state index in [0.717, 1.165) is 12.0 Å². The van der Waals surface area contributed by atoms with E-state index in [9.17, 15) is 4.79 Å². The van der Waals surface area contributed by atoms with Crippen LogP contribution in [0, 0.1) is 5.92 Å². The van der Waals surface area contributed by atoms with Crippen molar-refractivity contribution >= 4 is 29.1 Å². The van der Waals surface area contributed by atoms with Crippen LogP contribution in [0.15, 0.2) is 18.2 Å². The molecule has 122 valence electrons. The Balaban J connectivity index is 1.82. The molecule has 0 bridgehead atoms. The van der Waals surface area contributed by atoms with E-state index < -0.39 is 0 Å². The number of hydrogen-bond acceptors (Lipinski definition) is 2. The average molecular weight is 343 g/mol. The number of halogens is 2. The summed E-state index contributed by atoms with van der Waals surface area (Å²) in [5, 5.41) is 7.60. The van der Waals surface area contributed by atoms with Crippen molar-refractivity contribution < 1.29 is 4.79 Å². The van der Waals surface area contributed by atoms with Gasteiger partial charge in [0.15, 0.2) is 0 Å². The topological polar surface area (TPSA) is 41.1 Å². The van der Waals surface area contributed by atoms with E-state index in [1.165, 1.54) is 19.3 Å². The minimum atomic E-state index is -0.000652. The summed E-state index contributed by atoms with van der Waals surface area (Å²) in [5.41, 5.74) is 0.949. The third-order valence-corrected chi connectivity index (χ3v) is 5.02. The van der Waals surface area contributed by atoms with Crippen molar-refractivity contribution in [3.63, 3.8) is 0 Å². The minimum absolute atomic E-state index is 0.000652. The largest absolute Gasteiger partial charge is 0.352 e. The smallest absolute Gasteiger partial charge is 0.234 e. The van der Waals surface area contributed by atoms with Gasteiger partial charge in [0.05, 0.1) is 6.54 Å². The van der Waals surface area contributed by atoms with Crippen molar-refractivity contribution in [3.8, 4) is 0 Å². The summed E-state index contributed by atoms with van der Waals surface area (Å²) in [7, 11) is 0. The van der Waals surface area contributed by atoms with Crippen molar-refractivity contribution in [3.05, 3.63) is 33.8 Å². The van der Waals surface area contributed by atoms with E-state index in [4.69, 9.17) is 23.2 Å². The fraction of sp³-hybridized carbons (Fsp3) is 0.588. The van der Waals surface area contributed by atoms with Crippen molar-refractivity contribution in [2.75, 3.05) is 6.54 Å². The van der Waals surface area contributed by atoms with Gasteiger partial charge in [0.1, 0.15) is 0 Å². The van der Waals surface area contributed by atoms with E-state index in [0.29, 0.717) is 28.5 Å². The lowest BCUT2D eigenvalue weighted by Gasteiger charge is -2.29. The van der Waals surface area contributed by atoms with Gasteiger partial charge in [0.25, 0.3) is 0 Å². The molecule has 0 spiro atoms. The lowest BCUT2D eigenvalue weighted by atomic mass is 9.86. The normalized spacial score (nSPS) is 23.1. The molecule has 0 aliphatic heterocycles. The lowest BCUT2D eigenvalue weighted by molar-refractivity contribution is -0.121. The average Bonchev–Trinajstić information content (AvgIpc) is 2.47. The molecule has 1 aliphatic rings. The third kappa shape index (κ3) is 4.87. The van der Waals surface area contributed by atoms with Crippen LogP contribution in [-0.4, -0.2) is 18.5 Å². The number of benzene rings is 1. The predicted octanol–water partition coefficient (Wildman–Crippen LogP) is 4.34. The van der Waals surface area contributed by atoms with E-state index in [-0.39, 0.29) is 11.9 Å².